The van der Waals surface area contributed by atoms with Gasteiger partial charge in [-0.15, -0.1) is 0 Å². The summed E-state index contributed by atoms with van der Waals surface area (Å²) in [7, 11) is 6.19. The number of quaternary nitrogens is 1. The molecule has 0 radical (unpaired) electrons. The van der Waals surface area contributed by atoms with Crippen molar-refractivity contribution in [1.82, 2.24) is 4.98 Å². The minimum atomic E-state index is -0.620. The van der Waals surface area contributed by atoms with Gasteiger partial charge in [-0.1, -0.05) is 88.7 Å². The molecule has 6 rings (SSSR count). The number of aromatic nitrogens is 1. The van der Waals surface area contributed by atoms with Crippen LogP contribution in [0.2, 0.25) is 0 Å². The number of halogens is 2. The molecular formula is C33H32BrIN2O2. The number of ether oxygens (including phenoxy) is 2. The summed E-state index contributed by atoms with van der Waals surface area (Å²) in [6.07, 6.45) is 0.854. The predicted molar refractivity (Wildman–Crippen MR) is 157 cm³/mol. The lowest BCUT2D eigenvalue weighted by Crippen LogP contribution is -3.00. The van der Waals surface area contributed by atoms with Gasteiger partial charge in [-0.2, -0.15) is 0 Å². The van der Waals surface area contributed by atoms with Crippen LogP contribution in [0.15, 0.2) is 102 Å². The van der Waals surface area contributed by atoms with Gasteiger partial charge in [0.25, 0.3) is 0 Å². The van der Waals surface area contributed by atoms with E-state index in [1.165, 1.54) is 21.9 Å². The van der Waals surface area contributed by atoms with E-state index < -0.39 is 5.60 Å². The Kier molecular flexibility index (Phi) is 8.02. The van der Waals surface area contributed by atoms with E-state index >= 15 is 0 Å². The Hall–Kier alpha value is -2.52. The number of methoxy groups -OCH3 is 1. The fourth-order valence-corrected chi connectivity index (χ4v) is 6.33. The van der Waals surface area contributed by atoms with E-state index in [9.17, 15) is 0 Å². The van der Waals surface area contributed by atoms with Crippen LogP contribution in [0.3, 0.4) is 0 Å². The first kappa shape index (κ1) is 28.0. The van der Waals surface area contributed by atoms with Gasteiger partial charge < -0.3 is 37.9 Å². The monoisotopic (exact) mass is 694 g/mol. The van der Waals surface area contributed by atoms with Crippen molar-refractivity contribution in [3.05, 3.63) is 118 Å². The van der Waals surface area contributed by atoms with Gasteiger partial charge in [0.2, 0.25) is 5.88 Å². The summed E-state index contributed by atoms with van der Waals surface area (Å²) in [5.41, 5.74) is 3.71. The summed E-state index contributed by atoms with van der Waals surface area (Å²) in [4.78, 5) is 4.99. The highest BCUT2D eigenvalue weighted by Crippen LogP contribution is 2.52. The average molecular weight is 695 g/mol. The Morgan fingerprint density at radius 2 is 1.64 bits per heavy atom. The molecule has 1 aliphatic heterocycles. The first-order chi connectivity index (χ1) is 18.4. The minimum absolute atomic E-state index is 0. The molecule has 0 bridgehead atoms. The van der Waals surface area contributed by atoms with Crippen LogP contribution >= 0.6 is 15.9 Å². The molecule has 1 saturated heterocycles. The standard InChI is InChI=1S/C33H32BrN2O2.HI/c1-36(2)19-18-33(38-22-36,29-15-9-13-23-10-7-8-14-27(23)29)31(24-11-5-4-6-12-24)28-21-25-20-26(34)16-17-30(25)35-32(28)37-3;/h4-17,20-21,31H,18-19,22H2,1-3H3;1H/q+1;/p-1. The van der Waals surface area contributed by atoms with Crippen LogP contribution in [0.4, 0.5) is 0 Å². The second kappa shape index (κ2) is 11.2. The summed E-state index contributed by atoms with van der Waals surface area (Å²) in [6, 6.07) is 34.3. The number of pyridine rings is 1. The fraction of sp³-hybridized carbons (Fsp3) is 0.242. The van der Waals surface area contributed by atoms with Gasteiger partial charge in [-0.25, -0.2) is 4.98 Å². The van der Waals surface area contributed by atoms with Crippen molar-refractivity contribution in [1.29, 1.82) is 0 Å². The molecule has 0 N–H and O–H groups in total. The van der Waals surface area contributed by atoms with E-state index in [1.54, 1.807) is 7.11 Å². The Balaban J connectivity index is 0.00000308. The molecule has 39 heavy (non-hydrogen) atoms. The third-order valence-electron chi connectivity index (χ3n) is 7.88. The molecule has 6 heteroatoms. The zero-order valence-corrected chi connectivity index (χ0v) is 26.1. The lowest BCUT2D eigenvalue weighted by molar-refractivity contribution is -0.922. The number of fused-ring (bicyclic) bond motifs is 2. The highest BCUT2D eigenvalue weighted by atomic mass is 127. The third kappa shape index (κ3) is 5.20. The number of benzene rings is 4. The molecule has 2 heterocycles. The zero-order chi connectivity index (χ0) is 26.3. The lowest BCUT2D eigenvalue weighted by atomic mass is 9.70. The van der Waals surface area contributed by atoms with Crippen molar-refractivity contribution in [3.63, 3.8) is 0 Å². The maximum absolute atomic E-state index is 7.16. The van der Waals surface area contributed by atoms with Crippen molar-refractivity contribution in [3.8, 4) is 5.88 Å². The molecule has 0 spiro atoms. The number of nitrogens with zero attached hydrogens (tertiary/aromatic N) is 2. The van der Waals surface area contributed by atoms with Gasteiger partial charge in [0.1, 0.15) is 5.60 Å². The second-order valence-electron chi connectivity index (χ2n) is 10.9. The Bertz CT molecular complexity index is 1610. The molecule has 2 atom stereocenters. The van der Waals surface area contributed by atoms with Crippen LogP contribution in [0.25, 0.3) is 21.7 Å². The van der Waals surface area contributed by atoms with Crippen LogP contribution in [-0.2, 0) is 10.3 Å². The van der Waals surface area contributed by atoms with Gasteiger partial charge in [0.05, 0.1) is 33.3 Å². The molecule has 1 aromatic heterocycles. The van der Waals surface area contributed by atoms with Gasteiger partial charge in [-0.05, 0) is 46.2 Å². The largest absolute Gasteiger partial charge is 1.00 e. The number of rotatable bonds is 5. The predicted octanol–water partition coefficient (Wildman–Crippen LogP) is 4.64. The fourth-order valence-electron chi connectivity index (χ4n) is 5.95. The molecule has 4 nitrogen and oxygen atoms in total. The van der Waals surface area contributed by atoms with Crippen molar-refractivity contribution in [2.75, 3.05) is 34.5 Å². The van der Waals surface area contributed by atoms with E-state index in [0.29, 0.717) is 12.6 Å². The van der Waals surface area contributed by atoms with Crippen molar-refractivity contribution >= 4 is 37.6 Å². The summed E-state index contributed by atoms with van der Waals surface area (Å²) in [6.45, 7) is 1.60. The minimum Gasteiger partial charge on any atom is -1.00 e. The van der Waals surface area contributed by atoms with Crippen LogP contribution in [0, 0.1) is 0 Å². The summed E-state index contributed by atoms with van der Waals surface area (Å²) >= 11 is 3.65. The SMILES string of the molecule is COc1nc2ccc(Br)cc2cc1C(c1ccccc1)C1(c2cccc3ccccc23)CC[N+](C)(C)CO1.[I-]. The maximum Gasteiger partial charge on any atom is 0.217 e. The molecule has 0 aliphatic carbocycles. The highest BCUT2D eigenvalue weighted by molar-refractivity contribution is 9.10. The molecule has 1 aliphatic rings. The van der Waals surface area contributed by atoms with Crippen molar-refractivity contribution in [2.45, 2.75) is 17.9 Å². The average Bonchev–Trinajstić information content (AvgIpc) is 2.94. The quantitative estimate of drug-likeness (QED) is 0.199. The molecule has 2 unspecified atom stereocenters. The van der Waals surface area contributed by atoms with Gasteiger partial charge in [-0.3, -0.25) is 0 Å². The first-order valence-electron chi connectivity index (χ1n) is 13.0. The summed E-state index contributed by atoms with van der Waals surface area (Å²) in [5.74, 6) is 0.497. The smallest absolute Gasteiger partial charge is 0.217 e. The van der Waals surface area contributed by atoms with Crippen LogP contribution in [-0.4, -0.2) is 43.9 Å². The van der Waals surface area contributed by atoms with Gasteiger partial charge >= 0.3 is 0 Å². The molecule has 200 valence electrons. The molecule has 0 saturated carbocycles. The van der Waals surface area contributed by atoms with E-state index in [-0.39, 0.29) is 29.9 Å². The summed E-state index contributed by atoms with van der Waals surface area (Å²) in [5, 5.41) is 3.50. The maximum atomic E-state index is 7.16. The van der Waals surface area contributed by atoms with E-state index in [4.69, 9.17) is 14.5 Å². The molecule has 4 aromatic carbocycles. The topological polar surface area (TPSA) is 31.4 Å². The van der Waals surface area contributed by atoms with E-state index in [1.807, 2.05) is 12.1 Å². The highest BCUT2D eigenvalue weighted by Gasteiger charge is 2.50. The van der Waals surface area contributed by atoms with E-state index in [2.05, 4.69) is 115 Å². The van der Waals surface area contributed by atoms with Crippen molar-refractivity contribution in [2.24, 2.45) is 0 Å². The molecule has 5 aromatic rings. The van der Waals surface area contributed by atoms with Crippen LogP contribution in [0.1, 0.15) is 29.0 Å². The van der Waals surface area contributed by atoms with Crippen LogP contribution < -0.4 is 28.7 Å². The van der Waals surface area contributed by atoms with Crippen LogP contribution in [0.5, 0.6) is 5.88 Å². The molecule has 0 amide bonds. The third-order valence-corrected chi connectivity index (χ3v) is 8.37. The van der Waals surface area contributed by atoms with Gasteiger partial charge in [0.15, 0.2) is 6.73 Å². The first-order valence-corrected chi connectivity index (χ1v) is 13.8. The Labute approximate surface area is 255 Å². The second-order valence-corrected chi connectivity index (χ2v) is 11.8. The van der Waals surface area contributed by atoms with Gasteiger partial charge in [0, 0.05) is 27.8 Å². The lowest BCUT2D eigenvalue weighted by Gasteiger charge is -2.49. The van der Waals surface area contributed by atoms with Crippen molar-refractivity contribution < 1.29 is 37.9 Å². The number of hydrogen-bond acceptors (Lipinski definition) is 3. The Morgan fingerprint density at radius 1 is 0.897 bits per heavy atom. The molecule has 1 fully saturated rings. The summed E-state index contributed by atoms with van der Waals surface area (Å²) < 4.78 is 15.0. The number of hydrogen-bond donors (Lipinski definition) is 0. The zero-order valence-electron chi connectivity index (χ0n) is 22.4. The Morgan fingerprint density at radius 3 is 2.38 bits per heavy atom. The normalized spacial score (nSPS) is 19.4. The van der Waals surface area contributed by atoms with E-state index in [0.717, 1.165) is 38.4 Å². The molecular weight excluding hydrogens is 663 g/mol.